The van der Waals surface area contributed by atoms with Crippen LogP contribution in [0.25, 0.3) is 0 Å². The first-order chi connectivity index (χ1) is 6.95. The van der Waals surface area contributed by atoms with Crippen LogP contribution in [0.3, 0.4) is 0 Å². The molecule has 15 heavy (non-hydrogen) atoms. The van der Waals surface area contributed by atoms with Crippen molar-refractivity contribution in [1.29, 1.82) is 0 Å². The normalized spacial score (nSPS) is 10.4. The summed E-state index contributed by atoms with van der Waals surface area (Å²) in [5, 5.41) is 2.65. The smallest absolute Gasteiger partial charge is 0.217 e. The second-order valence-electron chi connectivity index (χ2n) is 4.12. The fourth-order valence-corrected chi connectivity index (χ4v) is 1.34. The van der Waals surface area contributed by atoms with Crippen LogP contribution in [-0.4, -0.2) is 36.0 Å². The van der Waals surface area contributed by atoms with E-state index >= 15 is 0 Å². The second-order valence-corrected chi connectivity index (χ2v) is 4.12. The number of hydrogen-bond donors (Lipinski definition) is 1. The van der Waals surface area contributed by atoms with Crippen LogP contribution in [0.1, 0.15) is 34.6 Å². The minimum absolute atomic E-state index is 0.0334. The van der Waals surface area contributed by atoms with Gasteiger partial charge in [-0.2, -0.15) is 0 Å². The molecule has 0 rings (SSSR count). The first-order valence-electron chi connectivity index (χ1n) is 5.41. The van der Waals surface area contributed by atoms with Gasteiger partial charge in [-0.3, -0.25) is 9.69 Å². The Bertz CT molecular complexity index is 240. The Balaban J connectivity index is 3.93. The second kappa shape index (κ2) is 7.30. The van der Waals surface area contributed by atoms with Gasteiger partial charge in [-0.25, -0.2) is 0 Å². The molecule has 0 unspecified atom stereocenters. The molecule has 3 nitrogen and oxygen atoms in total. The highest BCUT2D eigenvalue weighted by Gasteiger charge is 2.10. The molecule has 0 bridgehead atoms. The fourth-order valence-electron chi connectivity index (χ4n) is 1.34. The van der Waals surface area contributed by atoms with Crippen molar-refractivity contribution in [3.05, 3.63) is 0 Å². The van der Waals surface area contributed by atoms with E-state index in [2.05, 4.69) is 49.8 Å². The monoisotopic (exact) mass is 210 g/mol. The highest BCUT2D eigenvalue weighted by Crippen LogP contribution is 2.02. The van der Waals surface area contributed by atoms with E-state index in [-0.39, 0.29) is 5.91 Å². The van der Waals surface area contributed by atoms with E-state index in [9.17, 15) is 4.79 Å². The number of nitrogens with one attached hydrogen (secondary N) is 1. The molecule has 0 aromatic heterocycles. The van der Waals surface area contributed by atoms with Gasteiger partial charge < -0.3 is 5.32 Å². The van der Waals surface area contributed by atoms with Gasteiger partial charge >= 0.3 is 0 Å². The third-order valence-electron chi connectivity index (χ3n) is 2.14. The van der Waals surface area contributed by atoms with Gasteiger partial charge in [0.2, 0.25) is 5.91 Å². The number of nitrogens with zero attached hydrogens (tertiary/aromatic N) is 1. The maximum Gasteiger partial charge on any atom is 0.217 e. The molecule has 0 aliphatic rings. The Labute approximate surface area is 93.2 Å². The average Bonchev–Trinajstić information content (AvgIpc) is 2.08. The number of rotatable bonds is 4. The van der Waals surface area contributed by atoms with Gasteiger partial charge in [-0.1, -0.05) is 11.8 Å². The zero-order chi connectivity index (χ0) is 11.8. The summed E-state index contributed by atoms with van der Waals surface area (Å²) in [5.74, 6) is 5.96. The number of hydrogen-bond acceptors (Lipinski definition) is 2. The molecule has 0 radical (unpaired) electrons. The van der Waals surface area contributed by atoms with Crippen molar-refractivity contribution in [3.8, 4) is 11.8 Å². The Morgan fingerprint density at radius 1 is 1.20 bits per heavy atom. The zero-order valence-corrected chi connectivity index (χ0v) is 10.4. The maximum absolute atomic E-state index is 10.6. The Morgan fingerprint density at radius 2 is 1.73 bits per heavy atom. The lowest BCUT2D eigenvalue weighted by Gasteiger charge is -2.28. The van der Waals surface area contributed by atoms with Crippen molar-refractivity contribution in [3.63, 3.8) is 0 Å². The molecule has 0 fully saturated rings. The predicted octanol–water partition coefficient (Wildman–Crippen LogP) is 1.24. The summed E-state index contributed by atoms with van der Waals surface area (Å²) in [4.78, 5) is 12.9. The number of carbonyl (C=O) groups excluding carboxylic acids is 1. The van der Waals surface area contributed by atoms with Gasteiger partial charge in [-0.15, -0.1) is 0 Å². The summed E-state index contributed by atoms with van der Waals surface area (Å²) in [6, 6.07) is 1.00. The van der Waals surface area contributed by atoms with Crippen LogP contribution in [0.15, 0.2) is 0 Å². The Morgan fingerprint density at radius 3 is 2.13 bits per heavy atom. The van der Waals surface area contributed by atoms with E-state index in [0.717, 1.165) is 6.54 Å². The SMILES string of the molecule is CC(=O)NCC#CCN(C(C)C)C(C)C. The zero-order valence-electron chi connectivity index (χ0n) is 10.4. The molecule has 0 atom stereocenters. The van der Waals surface area contributed by atoms with E-state index in [4.69, 9.17) is 0 Å². The molecule has 0 aromatic rings. The van der Waals surface area contributed by atoms with Gasteiger partial charge in [0.25, 0.3) is 0 Å². The molecule has 1 N–H and O–H groups in total. The van der Waals surface area contributed by atoms with Gasteiger partial charge in [-0.05, 0) is 27.7 Å². The fraction of sp³-hybridized carbons (Fsp3) is 0.750. The third-order valence-corrected chi connectivity index (χ3v) is 2.14. The van der Waals surface area contributed by atoms with Crippen LogP contribution >= 0.6 is 0 Å². The summed E-state index contributed by atoms with van der Waals surface area (Å²) in [7, 11) is 0. The average molecular weight is 210 g/mol. The topological polar surface area (TPSA) is 32.3 Å². The van der Waals surface area contributed by atoms with Crippen LogP contribution < -0.4 is 5.32 Å². The molecule has 3 heteroatoms. The predicted molar refractivity (Wildman–Crippen MR) is 63.4 cm³/mol. The molecule has 86 valence electrons. The van der Waals surface area contributed by atoms with Crippen molar-refractivity contribution in [2.75, 3.05) is 13.1 Å². The summed E-state index contributed by atoms with van der Waals surface area (Å²) in [6.45, 7) is 11.3. The summed E-state index contributed by atoms with van der Waals surface area (Å²) < 4.78 is 0. The highest BCUT2D eigenvalue weighted by atomic mass is 16.1. The molecule has 0 saturated carbocycles. The quantitative estimate of drug-likeness (QED) is 0.708. The molecule has 0 saturated heterocycles. The third kappa shape index (κ3) is 6.98. The lowest BCUT2D eigenvalue weighted by Crippen LogP contribution is -2.37. The van der Waals surface area contributed by atoms with Crippen LogP contribution in [0.2, 0.25) is 0 Å². The van der Waals surface area contributed by atoms with Gasteiger partial charge in [0.15, 0.2) is 0 Å². The molecule has 0 spiro atoms. The van der Waals surface area contributed by atoms with Crippen molar-refractivity contribution in [1.82, 2.24) is 10.2 Å². The van der Waals surface area contributed by atoms with E-state index in [1.807, 2.05) is 0 Å². The van der Waals surface area contributed by atoms with Crippen LogP contribution in [0.5, 0.6) is 0 Å². The van der Waals surface area contributed by atoms with Gasteiger partial charge in [0.05, 0.1) is 13.1 Å². The lowest BCUT2D eigenvalue weighted by atomic mass is 10.2. The van der Waals surface area contributed by atoms with E-state index in [0.29, 0.717) is 18.6 Å². The summed E-state index contributed by atoms with van der Waals surface area (Å²) in [6.07, 6.45) is 0. The first-order valence-corrected chi connectivity index (χ1v) is 5.41. The van der Waals surface area contributed by atoms with Crippen LogP contribution in [0.4, 0.5) is 0 Å². The van der Waals surface area contributed by atoms with E-state index in [1.54, 1.807) is 0 Å². The van der Waals surface area contributed by atoms with Crippen molar-refractivity contribution < 1.29 is 4.79 Å². The summed E-state index contributed by atoms with van der Waals surface area (Å²) >= 11 is 0. The molecule has 0 aliphatic heterocycles. The summed E-state index contributed by atoms with van der Waals surface area (Å²) in [5.41, 5.74) is 0. The molecular formula is C12H22N2O. The lowest BCUT2D eigenvalue weighted by molar-refractivity contribution is -0.118. The van der Waals surface area contributed by atoms with Crippen LogP contribution in [-0.2, 0) is 4.79 Å². The van der Waals surface area contributed by atoms with Crippen LogP contribution in [0, 0.1) is 11.8 Å². The van der Waals surface area contributed by atoms with Crippen molar-refractivity contribution >= 4 is 5.91 Å². The first kappa shape index (κ1) is 14.0. The Hall–Kier alpha value is -1.01. The van der Waals surface area contributed by atoms with E-state index < -0.39 is 0 Å². The van der Waals surface area contributed by atoms with Gasteiger partial charge in [0, 0.05) is 19.0 Å². The van der Waals surface area contributed by atoms with Crippen molar-refractivity contribution in [2.24, 2.45) is 0 Å². The maximum atomic E-state index is 10.6. The Kier molecular flexibility index (Phi) is 6.81. The van der Waals surface area contributed by atoms with Crippen molar-refractivity contribution in [2.45, 2.75) is 46.7 Å². The molecule has 0 aliphatic carbocycles. The highest BCUT2D eigenvalue weighted by molar-refractivity contribution is 5.73. The molecule has 0 aromatic carbocycles. The van der Waals surface area contributed by atoms with Gasteiger partial charge in [0.1, 0.15) is 0 Å². The molecule has 1 amide bonds. The molecular weight excluding hydrogens is 188 g/mol. The largest absolute Gasteiger partial charge is 0.345 e. The van der Waals surface area contributed by atoms with E-state index in [1.165, 1.54) is 6.92 Å². The number of carbonyl (C=O) groups is 1. The minimum atomic E-state index is -0.0334. The molecule has 0 heterocycles. The standard InChI is InChI=1S/C12H22N2O/c1-10(2)14(11(3)4)9-7-6-8-13-12(5)15/h10-11H,8-9H2,1-5H3,(H,13,15). The minimum Gasteiger partial charge on any atom is -0.345 e. The number of amides is 1.